The molecule has 0 spiro atoms. The molecule has 1 N–H and O–H groups in total. The van der Waals surface area contributed by atoms with Gasteiger partial charge in [-0.15, -0.1) is 0 Å². The van der Waals surface area contributed by atoms with Gasteiger partial charge in [0.1, 0.15) is 5.69 Å². The Hall–Kier alpha value is -3.27. The Kier molecular flexibility index (Phi) is 4.61. The van der Waals surface area contributed by atoms with Gasteiger partial charge in [0.15, 0.2) is 10.4 Å². The van der Waals surface area contributed by atoms with Crippen LogP contribution in [-0.2, 0) is 13.2 Å². The molecule has 0 aliphatic heterocycles. The predicted molar refractivity (Wildman–Crippen MR) is 109 cm³/mol. The van der Waals surface area contributed by atoms with Gasteiger partial charge in [-0.05, 0) is 55.4 Å². The summed E-state index contributed by atoms with van der Waals surface area (Å²) in [4.78, 5) is 19.3. The van der Waals surface area contributed by atoms with E-state index in [4.69, 9.17) is 12.2 Å². The van der Waals surface area contributed by atoms with E-state index in [0.29, 0.717) is 5.69 Å². The third-order valence-electron chi connectivity index (χ3n) is 4.96. The summed E-state index contributed by atoms with van der Waals surface area (Å²) in [5, 5.41) is 3.58. The molecule has 3 heterocycles. The maximum Gasteiger partial charge on any atom is 0.417 e. The van der Waals surface area contributed by atoms with Crippen LogP contribution in [0, 0.1) is 18.6 Å². The Bertz CT molecular complexity index is 1410. The van der Waals surface area contributed by atoms with Crippen LogP contribution < -0.4 is 5.56 Å². The third-order valence-corrected chi connectivity index (χ3v) is 5.25. The van der Waals surface area contributed by atoms with E-state index < -0.39 is 22.7 Å². The summed E-state index contributed by atoms with van der Waals surface area (Å²) in [5.41, 5.74) is 0.310. The lowest BCUT2D eigenvalue weighted by Gasteiger charge is -2.17. The average Bonchev–Trinajstić information content (AvgIpc) is 3.09. The van der Waals surface area contributed by atoms with Crippen LogP contribution in [0.3, 0.4) is 0 Å². The molecule has 0 aliphatic rings. The molecule has 0 aliphatic carbocycles. The summed E-state index contributed by atoms with van der Waals surface area (Å²) in [6.45, 7) is 3.71. The van der Waals surface area contributed by atoms with Crippen molar-refractivity contribution in [1.29, 1.82) is 0 Å². The van der Waals surface area contributed by atoms with Gasteiger partial charge in [0.2, 0.25) is 0 Å². The van der Waals surface area contributed by atoms with Crippen molar-refractivity contribution in [3.8, 4) is 17.1 Å². The maximum atomic E-state index is 13.9. The Morgan fingerprint density at radius 2 is 1.87 bits per heavy atom. The molecule has 0 unspecified atom stereocenters. The lowest BCUT2D eigenvalue weighted by molar-refractivity contribution is -0.136. The van der Waals surface area contributed by atoms with Crippen molar-refractivity contribution < 1.29 is 13.2 Å². The Morgan fingerprint density at radius 1 is 1.13 bits per heavy atom. The van der Waals surface area contributed by atoms with E-state index in [2.05, 4.69) is 15.1 Å². The number of H-pyrrole nitrogens is 1. The number of hydrogen-bond donors (Lipinski definition) is 1. The molecular weight excluding hydrogens is 415 g/mol. The van der Waals surface area contributed by atoms with Gasteiger partial charge in [0.05, 0.1) is 22.3 Å². The van der Waals surface area contributed by atoms with E-state index in [9.17, 15) is 18.0 Å². The standard InChI is InChI=1S/C20H16F3N5OS/c1-10-5-4-6-15(11(10)2)28-17-16(18(29)25-19(28)30)12(20(21,22)23)9-14(24-17)13-7-8-27(3)26-13/h4-9H,1-3H3,(H,25,29,30). The third kappa shape index (κ3) is 3.22. The molecule has 0 radical (unpaired) electrons. The molecule has 6 nitrogen and oxygen atoms in total. The number of aryl methyl sites for hydroxylation is 2. The maximum absolute atomic E-state index is 13.9. The molecule has 4 rings (SSSR count). The number of fused-ring (bicyclic) bond motifs is 1. The van der Waals surface area contributed by atoms with Crippen molar-refractivity contribution in [3.05, 3.63) is 68.3 Å². The first-order valence-corrected chi connectivity index (χ1v) is 9.32. The van der Waals surface area contributed by atoms with Gasteiger partial charge in [-0.25, -0.2) is 4.98 Å². The molecule has 30 heavy (non-hydrogen) atoms. The molecule has 0 atom stereocenters. The van der Waals surface area contributed by atoms with Crippen LogP contribution in [0.5, 0.6) is 0 Å². The topological polar surface area (TPSA) is 68.5 Å². The highest BCUT2D eigenvalue weighted by Crippen LogP contribution is 2.36. The van der Waals surface area contributed by atoms with Gasteiger partial charge in [-0.3, -0.25) is 19.0 Å². The molecular formula is C20H16F3N5OS. The van der Waals surface area contributed by atoms with E-state index in [1.54, 1.807) is 31.4 Å². The summed E-state index contributed by atoms with van der Waals surface area (Å²) < 4.78 is 44.6. The van der Waals surface area contributed by atoms with E-state index in [-0.39, 0.29) is 21.8 Å². The molecule has 0 saturated heterocycles. The normalized spacial score (nSPS) is 11.9. The molecule has 0 saturated carbocycles. The quantitative estimate of drug-likeness (QED) is 0.475. The molecule has 10 heteroatoms. The number of aromatic nitrogens is 5. The summed E-state index contributed by atoms with van der Waals surface area (Å²) in [6, 6.07) is 7.76. The van der Waals surface area contributed by atoms with Crippen molar-refractivity contribution >= 4 is 23.3 Å². The molecule has 0 fully saturated rings. The number of aromatic amines is 1. The van der Waals surface area contributed by atoms with Gasteiger partial charge >= 0.3 is 6.18 Å². The first kappa shape index (κ1) is 20.0. The van der Waals surface area contributed by atoms with Crippen LogP contribution in [0.4, 0.5) is 13.2 Å². The van der Waals surface area contributed by atoms with E-state index in [1.807, 2.05) is 19.9 Å². The average molecular weight is 431 g/mol. The number of alkyl halides is 3. The zero-order valence-electron chi connectivity index (χ0n) is 16.2. The van der Waals surface area contributed by atoms with Crippen molar-refractivity contribution in [2.75, 3.05) is 0 Å². The van der Waals surface area contributed by atoms with E-state index >= 15 is 0 Å². The van der Waals surface area contributed by atoms with Gasteiger partial charge in [0, 0.05) is 13.2 Å². The lowest BCUT2D eigenvalue weighted by atomic mass is 10.1. The van der Waals surface area contributed by atoms with Crippen LogP contribution in [-0.4, -0.2) is 24.3 Å². The van der Waals surface area contributed by atoms with Gasteiger partial charge in [-0.1, -0.05) is 12.1 Å². The monoisotopic (exact) mass is 431 g/mol. The second-order valence-electron chi connectivity index (χ2n) is 6.94. The molecule has 0 bridgehead atoms. The fourth-order valence-electron chi connectivity index (χ4n) is 3.34. The fourth-order valence-corrected chi connectivity index (χ4v) is 3.61. The largest absolute Gasteiger partial charge is 0.417 e. The predicted octanol–water partition coefficient (Wildman–Crippen LogP) is 4.48. The van der Waals surface area contributed by atoms with Crippen molar-refractivity contribution in [3.63, 3.8) is 0 Å². The Labute approximate surface area is 173 Å². The van der Waals surface area contributed by atoms with Gasteiger partial charge in [0.25, 0.3) is 5.56 Å². The lowest BCUT2D eigenvalue weighted by Crippen LogP contribution is -2.20. The smallest absolute Gasteiger partial charge is 0.298 e. The van der Waals surface area contributed by atoms with Crippen LogP contribution in [0.2, 0.25) is 0 Å². The van der Waals surface area contributed by atoms with Crippen LogP contribution in [0.25, 0.3) is 28.1 Å². The van der Waals surface area contributed by atoms with Crippen LogP contribution in [0.1, 0.15) is 16.7 Å². The highest BCUT2D eigenvalue weighted by molar-refractivity contribution is 7.71. The number of nitrogens with one attached hydrogen (secondary N) is 1. The van der Waals surface area contributed by atoms with Crippen molar-refractivity contribution in [2.24, 2.45) is 7.05 Å². The molecule has 0 amide bonds. The molecule has 1 aromatic carbocycles. The van der Waals surface area contributed by atoms with Crippen LogP contribution in [0.15, 0.2) is 41.3 Å². The van der Waals surface area contributed by atoms with Gasteiger partial charge in [-0.2, -0.15) is 18.3 Å². The minimum Gasteiger partial charge on any atom is -0.298 e. The number of halogens is 3. The number of benzene rings is 1. The van der Waals surface area contributed by atoms with Crippen LogP contribution >= 0.6 is 12.2 Å². The summed E-state index contributed by atoms with van der Waals surface area (Å²) in [6.07, 6.45) is -3.18. The summed E-state index contributed by atoms with van der Waals surface area (Å²) in [5.74, 6) is 0. The SMILES string of the molecule is Cc1cccc(-n2c(=S)[nH]c(=O)c3c(C(F)(F)F)cc(-c4ccn(C)n4)nc32)c1C. The summed E-state index contributed by atoms with van der Waals surface area (Å²) in [7, 11) is 1.65. The zero-order chi connectivity index (χ0) is 21.8. The fraction of sp³-hybridized carbons (Fsp3) is 0.200. The Morgan fingerprint density at radius 3 is 2.50 bits per heavy atom. The molecule has 154 valence electrons. The van der Waals surface area contributed by atoms with Crippen molar-refractivity contribution in [2.45, 2.75) is 20.0 Å². The second kappa shape index (κ2) is 6.91. The number of rotatable bonds is 2. The Balaban J connectivity index is 2.22. The van der Waals surface area contributed by atoms with E-state index in [1.165, 1.54) is 9.25 Å². The minimum atomic E-state index is -4.78. The molecule has 4 aromatic rings. The first-order chi connectivity index (χ1) is 14.1. The molecule has 3 aromatic heterocycles. The number of pyridine rings is 1. The minimum absolute atomic E-state index is 0.00511. The van der Waals surface area contributed by atoms with Gasteiger partial charge < -0.3 is 0 Å². The summed E-state index contributed by atoms with van der Waals surface area (Å²) >= 11 is 5.32. The number of hydrogen-bond acceptors (Lipinski definition) is 4. The number of nitrogens with zero attached hydrogens (tertiary/aromatic N) is 4. The first-order valence-electron chi connectivity index (χ1n) is 8.92. The second-order valence-corrected chi connectivity index (χ2v) is 7.33. The van der Waals surface area contributed by atoms with E-state index in [0.717, 1.165) is 17.2 Å². The highest BCUT2D eigenvalue weighted by Gasteiger charge is 2.36. The zero-order valence-corrected chi connectivity index (χ0v) is 17.0. The van der Waals surface area contributed by atoms with Crippen molar-refractivity contribution in [1.82, 2.24) is 24.3 Å². The highest BCUT2D eigenvalue weighted by atomic mass is 32.1.